The van der Waals surface area contributed by atoms with Crippen LogP contribution in [0.4, 0.5) is 5.69 Å². The summed E-state index contributed by atoms with van der Waals surface area (Å²) >= 11 is 2.66. The number of carbonyl (C=O) groups is 2. The molecule has 0 radical (unpaired) electrons. The molecule has 0 spiro atoms. The molecule has 0 aliphatic carbocycles. The summed E-state index contributed by atoms with van der Waals surface area (Å²) in [6.07, 6.45) is -0.761. The van der Waals surface area contributed by atoms with E-state index in [0.717, 1.165) is 16.6 Å². The van der Waals surface area contributed by atoms with E-state index in [0.29, 0.717) is 22.6 Å². The maximum Gasteiger partial charge on any atom is 0.277 e. The van der Waals surface area contributed by atoms with E-state index in [-0.39, 0.29) is 24.1 Å². The number of thiophene rings is 1. The predicted molar refractivity (Wildman–Crippen MR) is 106 cm³/mol. The van der Waals surface area contributed by atoms with E-state index >= 15 is 0 Å². The van der Waals surface area contributed by atoms with Crippen molar-refractivity contribution in [2.45, 2.75) is 11.3 Å². The van der Waals surface area contributed by atoms with Crippen LogP contribution in [0.5, 0.6) is 5.75 Å². The standard InChI is InChI=1S/C18H16N4O4S2/c1-19-16(24)13-9-22(11-5-2-3-6-12(11)25-13)15(23)10-28-18-21-20-17(26-18)14-7-4-8-27-14/h2-8,13H,9-10H2,1H3,(H,19,24). The van der Waals surface area contributed by atoms with Crippen molar-refractivity contribution in [1.82, 2.24) is 15.5 Å². The van der Waals surface area contributed by atoms with E-state index in [1.807, 2.05) is 23.6 Å². The van der Waals surface area contributed by atoms with Crippen LogP contribution in [0, 0.1) is 0 Å². The third-order valence-corrected chi connectivity index (χ3v) is 5.73. The van der Waals surface area contributed by atoms with Gasteiger partial charge in [0, 0.05) is 7.05 Å². The average Bonchev–Trinajstić information content (AvgIpc) is 3.42. The average molecular weight is 416 g/mol. The Bertz CT molecular complexity index is 989. The smallest absolute Gasteiger partial charge is 0.277 e. The van der Waals surface area contributed by atoms with Gasteiger partial charge >= 0.3 is 0 Å². The van der Waals surface area contributed by atoms with Crippen molar-refractivity contribution < 1.29 is 18.7 Å². The lowest BCUT2D eigenvalue weighted by Crippen LogP contribution is -2.50. The van der Waals surface area contributed by atoms with Crippen molar-refractivity contribution in [3.8, 4) is 16.5 Å². The summed E-state index contributed by atoms with van der Waals surface area (Å²) in [7, 11) is 1.54. The van der Waals surface area contributed by atoms with Crippen LogP contribution in [0.2, 0.25) is 0 Å². The summed E-state index contributed by atoms with van der Waals surface area (Å²) in [6.45, 7) is 0.139. The number of amides is 2. The summed E-state index contributed by atoms with van der Waals surface area (Å²) in [4.78, 5) is 27.3. The third-order valence-electron chi connectivity index (χ3n) is 4.07. The van der Waals surface area contributed by atoms with Gasteiger partial charge in [0.1, 0.15) is 5.75 Å². The van der Waals surface area contributed by atoms with Gasteiger partial charge in [-0.25, -0.2) is 0 Å². The van der Waals surface area contributed by atoms with Crippen LogP contribution >= 0.6 is 23.1 Å². The monoisotopic (exact) mass is 416 g/mol. The molecule has 1 unspecified atom stereocenters. The number of anilines is 1. The molecule has 0 bridgehead atoms. The maximum atomic E-state index is 12.9. The highest BCUT2D eigenvalue weighted by Crippen LogP contribution is 2.34. The highest BCUT2D eigenvalue weighted by atomic mass is 32.2. The molecule has 2 amide bonds. The van der Waals surface area contributed by atoms with Crippen LogP contribution in [0.1, 0.15) is 0 Å². The molecule has 28 heavy (non-hydrogen) atoms. The number of thioether (sulfide) groups is 1. The Balaban J connectivity index is 1.47. The number of rotatable bonds is 5. The van der Waals surface area contributed by atoms with Gasteiger partial charge in [0.15, 0.2) is 6.10 Å². The number of likely N-dealkylation sites (N-methyl/N-ethyl adjacent to an activating group) is 1. The first-order chi connectivity index (χ1) is 13.7. The van der Waals surface area contributed by atoms with Gasteiger partial charge in [0.05, 0.1) is 22.9 Å². The number of ether oxygens (including phenoxy) is 1. The minimum Gasteiger partial charge on any atom is -0.477 e. The molecule has 0 saturated heterocycles. The number of fused-ring (bicyclic) bond motifs is 1. The maximum absolute atomic E-state index is 12.9. The molecule has 1 aliphatic rings. The zero-order chi connectivity index (χ0) is 19.5. The highest BCUT2D eigenvalue weighted by Gasteiger charge is 2.33. The third kappa shape index (κ3) is 3.73. The fraction of sp³-hybridized carbons (Fsp3) is 0.222. The lowest BCUT2D eigenvalue weighted by Gasteiger charge is -2.33. The van der Waals surface area contributed by atoms with Crippen LogP contribution in [0.15, 0.2) is 51.4 Å². The predicted octanol–water partition coefficient (Wildman–Crippen LogP) is 2.43. The Labute approximate surface area is 168 Å². The van der Waals surface area contributed by atoms with Crippen LogP contribution in [0.25, 0.3) is 10.8 Å². The van der Waals surface area contributed by atoms with Gasteiger partial charge in [0.25, 0.3) is 17.0 Å². The van der Waals surface area contributed by atoms with Gasteiger partial charge in [-0.3, -0.25) is 9.59 Å². The number of aromatic nitrogens is 2. The largest absolute Gasteiger partial charge is 0.477 e. The lowest BCUT2D eigenvalue weighted by molar-refractivity contribution is -0.127. The molecule has 4 rings (SSSR count). The molecule has 1 atom stereocenters. The second-order valence-corrected chi connectivity index (χ2v) is 7.71. The number of benzene rings is 1. The molecular weight excluding hydrogens is 400 g/mol. The molecule has 0 fully saturated rings. The molecule has 0 saturated carbocycles. The normalized spacial score (nSPS) is 15.6. The van der Waals surface area contributed by atoms with Gasteiger partial charge in [-0.05, 0) is 23.6 Å². The van der Waals surface area contributed by atoms with Crippen molar-refractivity contribution in [3.05, 3.63) is 41.8 Å². The van der Waals surface area contributed by atoms with Gasteiger partial charge in [0.2, 0.25) is 5.91 Å². The van der Waals surface area contributed by atoms with Crippen molar-refractivity contribution in [3.63, 3.8) is 0 Å². The van der Waals surface area contributed by atoms with Gasteiger partial charge in [-0.15, -0.1) is 21.5 Å². The highest BCUT2D eigenvalue weighted by molar-refractivity contribution is 7.99. The topological polar surface area (TPSA) is 97.6 Å². The van der Waals surface area contributed by atoms with Gasteiger partial charge in [-0.1, -0.05) is 30.0 Å². The molecular formula is C18H16N4O4S2. The van der Waals surface area contributed by atoms with Crippen LogP contribution in [-0.4, -0.2) is 47.5 Å². The minimum atomic E-state index is -0.761. The fourth-order valence-electron chi connectivity index (χ4n) is 2.74. The number of hydrogen-bond donors (Lipinski definition) is 1. The molecule has 1 N–H and O–H groups in total. The van der Waals surface area contributed by atoms with E-state index in [1.54, 1.807) is 23.1 Å². The summed E-state index contributed by atoms with van der Waals surface area (Å²) in [5.41, 5.74) is 0.637. The quantitative estimate of drug-likeness (QED) is 0.638. The van der Waals surface area contributed by atoms with Crippen LogP contribution < -0.4 is 15.0 Å². The Morgan fingerprint density at radius 3 is 2.93 bits per heavy atom. The van der Waals surface area contributed by atoms with Crippen molar-refractivity contribution in [1.29, 1.82) is 0 Å². The Morgan fingerprint density at radius 2 is 2.14 bits per heavy atom. The van der Waals surface area contributed by atoms with Gasteiger partial charge in [-0.2, -0.15) is 0 Å². The molecule has 2 aromatic heterocycles. The van der Waals surface area contributed by atoms with Crippen molar-refractivity contribution in [2.24, 2.45) is 0 Å². The molecule has 1 aromatic carbocycles. The zero-order valence-corrected chi connectivity index (χ0v) is 16.5. The van der Waals surface area contributed by atoms with Gasteiger partial charge < -0.3 is 19.4 Å². The number of nitrogens with one attached hydrogen (secondary N) is 1. The number of carbonyl (C=O) groups excluding carboxylic acids is 2. The van der Waals surface area contributed by atoms with E-state index in [1.165, 1.54) is 18.4 Å². The zero-order valence-electron chi connectivity index (χ0n) is 14.8. The van der Waals surface area contributed by atoms with Crippen molar-refractivity contribution in [2.75, 3.05) is 24.2 Å². The first-order valence-electron chi connectivity index (χ1n) is 8.43. The fourth-order valence-corrected chi connectivity index (χ4v) is 4.02. The first kappa shape index (κ1) is 18.5. The summed E-state index contributed by atoms with van der Waals surface area (Å²) in [5, 5.41) is 12.8. The lowest BCUT2D eigenvalue weighted by atomic mass is 10.2. The van der Waals surface area contributed by atoms with Crippen molar-refractivity contribution >= 4 is 40.6 Å². The Morgan fingerprint density at radius 1 is 1.29 bits per heavy atom. The molecule has 144 valence electrons. The first-order valence-corrected chi connectivity index (χ1v) is 10.3. The SMILES string of the molecule is CNC(=O)C1CN(C(=O)CSc2nnc(-c3cccs3)o2)c2ccccc2O1. The molecule has 3 aromatic rings. The molecule has 10 heteroatoms. The van der Waals surface area contributed by atoms with E-state index in [2.05, 4.69) is 15.5 Å². The summed E-state index contributed by atoms with van der Waals surface area (Å²) < 4.78 is 11.3. The molecule has 8 nitrogen and oxygen atoms in total. The minimum absolute atomic E-state index is 0.0981. The number of para-hydroxylation sites is 2. The van der Waals surface area contributed by atoms with E-state index < -0.39 is 6.10 Å². The number of hydrogen-bond acceptors (Lipinski definition) is 8. The second-order valence-electron chi connectivity index (χ2n) is 5.83. The van der Waals surface area contributed by atoms with Crippen LogP contribution in [-0.2, 0) is 9.59 Å². The number of nitrogens with zero attached hydrogens (tertiary/aromatic N) is 3. The summed E-state index contributed by atoms with van der Waals surface area (Å²) in [5.74, 6) is 0.573. The summed E-state index contributed by atoms with van der Waals surface area (Å²) in [6, 6.07) is 10.9. The van der Waals surface area contributed by atoms with E-state index in [4.69, 9.17) is 9.15 Å². The molecule has 1 aliphatic heterocycles. The van der Waals surface area contributed by atoms with Crippen LogP contribution in [0.3, 0.4) is 0 Å². The van der Waals surface area contributed by atoms with E-state index in [9.17, 15) is 9.59 Å². The Hall–Kier alpha value is -2.85. The molecule has 3 heterocycles. The second kappa shape index (κ2) is 8.03. The Kier molecular flexibility index (Phi) is 5.31.